The van der Waals surface area contributed by atoms with Gasteiger partial charge < -0.3 is 9.67 Å². The molecule has 0 saturated carbocycles. The fraction of sp³-hybridized carbons (Fsp3) is 0.370. The number of aromatic nitrogens is 1. The molecule has 31 heavy (non-hydrogen) atoms. The predicted octanol–water partition coefficient (Wildman–Crippen LogP) is 8.56. The third kappa shape index (κ3) is 8.85. The van der Waals surface area contributed by atoms with E-state index >= 15 is 0 Å². The average Bonchev–Trinajstić information content (AvgIpc) is 3.10. The molecule has 0 amide bonds. The SMILES string of the molecule is CC.CC.CC.CC.Cc1c(C(=O)O)c(C)n(-c2ccccc2)c1-c1ccccc1.[Re]. The van der Waals surface area contributed by atoms with E-state index in [2.05, 4.69) is 0 Å². The van der Waals surface area contributed by atoms with E-state index in [9.17, 15) is 9.90 Å². The Balaban J connectivity index is -0.000000785. The van der Waals surface area contributed by atoms with Gasteiger partial charge in [0.15, 0.2) is 0 Å². The Morgan fingerprint density at radius 3 is 1.48 bits per heavy atom. The fourth-order valence-corrected chi connectivity index (χ4v) is 2.99. The van der Waals surface area contributed by atoms with Gasteiger partial charge in [0, 0.05) is 31.8 Å². The van der Waals surface area contributed by atoms with Crippen molar-refractivity contribution in [3.05, 3.63) is 77.5 Å². The van der Waals surface area contributed by atoms with Crippen LogP contribution in [0, 0.1) is 13.8 Å². The molecule has 1 aromatic heterocycles. The molecule has 4 heteroatoms. The predicted molar refractivity (Wildman–Crippen MR) is 133 cm³/mol. The number of carbonyl (C=O) groups is 1. The maximum absolute atomic E-state index is 11.7. The number of carboxylic acid groups (broad SMARTS) is 1. The summed E-state index contributed by atoms with van der Waals surface area (Å²) in [5.41, 5.74) is 4.83. The second kappa shape index (κ2) is 19.8. The summed E-state index contributed by atoms with van der Waals surface area (Å²) >= 11 is 0. The number of hydrogen-bond donors (Lipinski definition) is 1. The molecular formula is C27H41NO2Re. The third-order valence-electron chi connectivity index (χ3n) is 3.93. The van der Waals surface area contributed by atoms with Crippen LogP contribution in [0.25, 0.3) is 16.9 Å². The van der Waals surface area contributed by atoms with Gasteiger partial charge in [-0.25, -0.2) is 4.79 Å². The average molecular weight is 598 g/mol. The van der Waals surface area contributed by atoms with E-state index in [0.29, 0.717) is 5.56 Å². The van der Waals surface area contributed by atoms with Gasteiger partial charge in [-0.2, -0.15) is 0 Å². The van der Waals surface area contributed by atoms with Crippen LogP contribution in [0.5, 0.6) is 0 Å². The summed E-state index contributed by atoms with van der Waals surface area (Å²) in [6.45, 7) is 19.7. The molecule has 3 nitrogen and oxygen atoms in total. The first-order valence-corrected chi connectivity index (χ1v) is 11.2. The molecule has 1 radical (unpaired) electrons. The first-order chi connectivity index (χ1) is 14.6. The number of carboxylic acids is 1. The zero-order chi connectivity index (χ0) is 23.7. The number of aromatic carboxylic acids is 1. The van der Waals surface area contributed by atoms with E-state index in [4.69, 9.17) is 0 Å². The van der Waals surface area contributed by atoms with Crippen LogP contribution >= 0.6 is 0 Å². The number of para-hydroxylation sites is 1. The molecule has 0 aliphatic rings. The molecule has 0 bridgehead atoms. The summed E-state index contributed by atoms with van der Waals surface area (Å²) in [6, 6.07) is 19.8. The van der Waals surface area contributed by atoms with Crippen molar-refractivity contribution in [1.82, 2.24) is 4.57 Å². The molecular weight excluding hydrogens is 557 g/mol. The molecule has 3 aromatic rings. The summed E-state index contributed by atoms with van der Waals surface area (Å²) in [6.07, 6.45) is 0. The summed E-state index contributed by atoms with van der Waals surface area (Å²) < 4.78 is 2.02. The smallest absolute Gasteiger partial charge is 0.337 e. The monoisotopic (exact) mass is 598 g/mol. The second-order valence-electron chi connectivity index (χ2n) is 5.28. The number of nitrogens with zero attached hydrogens (tertiary/aromatic N) is 1. The van der Waals surface area contributed by atoms with Crippen LogP contribution in [-0.4, -0.2) is 15.6 Å². The van der Waals surface area contributed by atoms with Crippen molar-refractivity contribution in [2.24, 2.45) is 0 Å². The molecule has 2 aromatic carbocycles. The van der Waals surface area contributed by atoms with Gasteiger partial charge in [-0.15, -0.1) is 0 Å². The number of rotatable bonds is 3. The maximum Gasteiger partial charge on any atom is 0.337 e. The van der Waals surface area contributed by atoms with Gasteiger partial charge in [-0.1, -0.05) is 104 Å². The van der Waals surface area contributed by atoms with Crippen LogP contribution in [0.2, 0.25) is 0 Å². The molecule has 0 spiro atoms. The summed E-state index contributed by atoms with van der Waals surface area (Å²) in [5, 5.41) is 9.56. The molecule has 0 saturated heterocycles. The minimum Gasteiger partial charge on any atom is -0.478 e. The molecule has 173 valence electrons. The zero-order valence-corrected chi connectivity index (χ0v) is 23.7. The van der Waals surface area contributed by atoms with Crippen molar-refractivity contribution in [2.75, 3.05) is 0 Å². The van der Waals surface area contributed by atoms with Gasteiger partial charge in [0.1, 0.15) is 0 Å². The zero-order valence-electron chi connectivity index (χ0n) is 21.0. The van der Waals surface area contributed by atoms with Crippen molar-refractivity contribution >= 4 is 5.97 Å². The summed E-state index contributed by atoms with van der Waals surface area (Å²) in [5.74, 6) is -0.887. The van der Waals surface area contributed by atoms with Crippen LogP contribution in [-0.2, 0) is 20.4 Å². The minimum absolute atomic E-state index is 0. The van der Waals surface area contributed by atoms with E-state index in [0.717, 1.165) is 28.2 Å². The van der Waals surface area contributed by atoms with Crippen LogP contribution in [0.3, 0.4) is 0 Å². The Kier molecular flexibility index (Phi) is 21.4. The normalized spacial score (nSPS) is 8.32. The summed E-state index contributed by atoms with van der Waals surface area (Å²) in [7, 11) is 0. The number of benzene rings is 2. The maximum atomic E-state index is 11.7. The van der Waals surface area contributed by atoms with E-state index in [-0.39, 0.29) is 20.4 Å². The fourth-order valence-electron chi connectivity index (χ4n) is 2.99. The number of hydrogen-bond acceptors (Lipinski definition) is 1. The topological polar surface area (TPSA) is 42.2 Å². The largest absolute Gasteiger partial charge is 0.478 e. The van der Waals surface area contributed by atoms with E-state index < -0.39 is 5.97 Å². The van der Waals surface area contributed by atoms with Crippen LogP contribution in [0.4, 0.5) is 0 Å². The van der Waals surface area contributed by atoms with Crippen molar-refractivity contribution in [2.45, 2.75) is 69.2 Å². The molecule has 0 aliphatic carbocycles. The summed E-state index contributed by atoms with van der Waals surface area (Å²) in [4.78, 5) is 11.7. The van der Waals surface area contributed by atoms with Gasteiger partial charge in [0.25, 0.3) is 0 Å². The molecule has 0 fully saturated rings. The van der Waals surface area contributed by atoms with Crippen molar-refractivity contribution < 1.29 is 30.3 Å². The molecule has 0 unspecified atom stereocenters. The molecule has 0 aliphatic heterocycles. The Bertz CT molecular complexity index is 762. The Morgan fingerprint density at radius 2 is 1.10 bits per heavy atom. The van der Waals surface area contributed by atoms with Crippen LogP contribution in [0.1, 0.15) is 77.0 Å². The van der Waals surface area contributed by atoms with Crippen LogP contribution < -0.4 is 0 Å². The molecule has 0 atom stereocenters. The van der Waals surface area contributed by atoms with Crippen molar-refractivity contribution in [1.29, 1.82) is 0 Å². The Hall–Kier alpha value is -2.15. The Labute approximate surface area is 204 Å². The minimum atomic E-state index is -0.887. The van der Waals surface area contributed by atoms with Crippen LogP contribution in [0.15, 0.2) is 60.7 Å². The molecule has 1 N–H and O–H groups in total. The second-order valence-corrected chi connectivity index (χ2v) is 5.28. The van der Waals surface area contributed by atoms with E-state index in [1.165, 1.54) is 0 Å². The van der Waals surface area contributed by atoms with Gasteiger partial charge >= 0.3 is 5.97 Å². The standard InChI is InChI=1S/C19H17NO2.4C2H6.Re/c1-13-17(19(21)22)14(2)20(16-11-7-4-8-12-16)18(13)15-9-5-3-6-10-15;4*1-2;/h3-12H,1-2H3,(H,21,22);4*1-2H3;. The van der Waals surface area contributed by atoms with E-state index in [1.807, 2.05) is 134 Å². The van der Waals surface area contributed by atoms with Crippen molar-refractivity contribution in [3.8, 4) is 16.9 Å². The quantitative estimate of drug-likeness (QED) is 0.329. The third-order valence-corrected chi connectivity index (χ3v) is 3.93. The first kappa shape index (κ1) is 33.5. The van der Waals surface area contributed by atoms with Gasteiger partial charge in [0.05, 0.1) is 11.3 Å². The molecule has 1 heterocycles. The van der Waals surface area contributed by atoms with Crippen molar-refractivity contribution in [3.63, 3.8) is 0 Å². The van der Waals surface area contributed by atoms with E-state index in [1.54, 1.807) is 0 Å². The van der Waals surface area contributed by atoms with Gasteiger partial charge in [0.2, 0.25) is 0 Å². The molecule has 3 rings (SSSR count). The first-order valence-electron chi connectivity index (χ1n) is 11.2. The Morgan fingerprint density at radius 1 is 0.710 bits per heavy atom. The van der Waals surface area contributed by atoms with Gasteiger partial charge in [-0.05, 0) is 37.1 Å². The van der Waals surface area contributed by atoms with Gasteiger partial charge in [-0.3, -0.25) is 0 Å².